The van der Waals surface area contributed by atoms with Crippen LogP contribution in [0.4, 0.5) is 11.4 Å². The molecule has 0 spiro atoms. The highest BCUT2D eigenvalue weighted by Gasteiger charge is 2.19. The van der Waals surface area contributed by atoms with Crippen molar-refractivity contribution in [3.05, 3.63) is 130 Å². The van der Waals surface area contributed by atoms with Crippen molar-refractivity contribution in [1.82, 2.24) is 5.43 Å². The van der Waals surface area contributed by atoms with Gasteiger partial charge in [-0.2, -0.15) is 5.10 Å². The molecule has 2 amide bonds. The first-order chi connectivity index (χ1) is 19.5. The monoisotopic (exact) mass is 588 g/mol. The molecule has 4 rings (SSSR count). The Morgan fingerprint density at radius 1 is 0.829 bits per heavy atom. The Kier molecular flexibility index (Phi) is 9.21. The minimum absolute atomic E-state index is 0.180. The zero-order chi connectivity index (χ0) is 29.6. The molecule has 0 aliphatic heterocycles. The molecule has 2 N–H and O–H groups in total. The molecule has 0 aliphatic carbocycles. The van der Waals surface area contributed by atoms with Gasteiger partial charge in [-0.15, -0.1) is 0 Å². The van der Waals surface area contributed by atoms with Crippen LogP contribution >= 0.6 is 11.6 Å². The topological polar surface area (TPSA) is 108 Å². The molecule has 0 bridgehead atoms. The molecule has 10 heteroatoms. The number of aryl methyl sites for hydroxylation is 1. The number of nitrogens with one attached hydrogen (secondary N) is 2. The fraction of sp³-hybridized carbons (Fsp3) is 0.129. The molecular formula is C31H29ClN4O4S. The van der Waals surface area contributed by atoms with E-state index in [4.69, 9.17) is 11.6 Å². The molecule has 0 aliphatic rings. The number of halogens is 1. The fourth-order valence-electron chi connectivity index (χ4n) is 4.04. The lowest BCUT2D eigenvalue weighted by Gasteiger charge is -2.23. The van der Waals surface area contributed by atoms with E-state index >= 15 is 0 Å². The number of carbonyl (C=O) groups excluding carboxylic acids is 2. The summed E-state index contributed by atoms with van der Waals surface area (Å²) < 4.78 is 26.4. The Hall–Kier alpha value is -4.47. The fourth-order valence-corrected chi connectivity index (χ4v) is 5.11. The Bertz CT molecular complexity index is 1720. The summed E-state index contributed by atoms with van der Waals surface area (Å²) in [7, 11) is -3.57. The molecule has 0 saturated carbocycles. The molecule has 0 fully saturated rings. The quantitative estimate of drug-likeness (QED) is 0.184. The summed E-state index contributed by atoms with van der Waals surface area (Å²) in [6.07, 6.45) is 1.15. The molecule has 0 heterocycles. The number of hydrogen-bond donors (Lipinski definition) is 2. The summed E-state index contributed by atoms with van der Waals surface area (Å²) in [5.74, 6) is -0.754. The van der Waals surface area contributed by atoms with Crippen molar-refractivity contribution >= 4 is 50.5 Å². The molecule has 0 unspecified atom stereocenters. The van der Waals surface area contributed by atoms with Crippen LogP contribution in [0.3, 0.4) is 0 Å². The number of carbonyl (C=O) groups is 2. The van der Waals surface area contributed by atoms with Gasteiger partial charge in [0, 0.05) is 21.8 Å². The van der Waals surface area contributed by atoms with Crippen LogP contribution in [0.15, 0.2) is 102 Å². The number of sulfonamides is 1. The molecule has 0 radical (unpaired) electrons. The van der Waals surface area contributed by atoms with Crippen LogP contribution in [-0.4, -0.2) is 32.2 Å². The van der Waals surface area contributed by atoms with Crippen molar-refractivity contribution in [1.29, 1.82) is 0 Å². The highest BCUT2D eigenvalue weighted by atomic mass is 35.5. The van der Waals surface area contributed by atoms with Crippen molar-refractivity contribution in [3.63, 3.8) is 0 Å². The second-order valence-corrected chi connectivity index (χ2v) is 11.8. The van der Waals surface area contributed by atoms with Gasteiger partial charge in [-0.25, -0.2) is 13.8 Å². The molecule has 0 atom stereocenters. The molecule has 210 valence electrons. The maximum atomic E-state index is 12.8. The molecule has 0 saturated heterocycles. The summed E-state index contributed by atoms with van der Waals surface area (Å²) in [5, 5.41) is 7.50. The van der Waals surface area contributed by atoms with Gasteiger partial charge in [0.2, 0.25) is 10.0 Å². The van der Waals surface area contributed by atoms with Crippen LogP contribution in [0, 0.1) is 6.92 Å². The Morgan fingerprint density at radius 3 is 2.20 bits per heavy atom. The van der Waals surface area contributed by atoms with E-state index in [0.29, 0.717) is 38.8 Å². The first-order valence-corrected chi connectivity index (χ1v) is 14.9. The van der Waals surface area contributed by atoms with Crippen molar-refractivity contribution < 1.29 is 18.0 Å². The third kappa shape index (κ3) is 7.81. The number of benzene rings is 4. The minimum Gasteiger partial charge on any atom is -0.322 e. The summed E-state index contributed by atoms with van der Waals surface area (Å²) in [6.45, 7) is 3.84. The summed E-state index contributed by atoms with van der Waals surface area (Å²) in [5.41, 5.74) is 7.38. The molecule has 0 aromatic heterocycles. The lowest BCUT2D eigenvalue weighted by molar-refractivity contribution is 0.0954. The predicted molar refractivity (Wildman–Crippen MR) is 164 cm³/mol. The smallest absolute Gasteiger partial charge is 0.271 e. The van der Waals surface area contributed by atoms with E-state index < -0.39 is 15.9 Å². The average molecular weight is 589 g/mol. The first kappa shape index (κ1) is 29.5. The molecule has 41 heavy (non-hydrogen) atoms. The van der Waals surface area contributed by atoms with Gasteiger partial charge < -0.3 is 5.32 Å². The van der Waals surface area contributed by atoms with E-state index in [0.717, 1.165) is 17.4 Å². The maximum Gasteiger partial charge on any atom is 0.271 e. The third-order valence-corrected chi connectivity index (χ3v) is 7.72. The standard InChI is InChI=1S/C31H29ClN4O4S/c1-21-8-4-5-9-26(21)20-36(41(3,39)40)29-16-14-23(15-17-29)31(38)35-34-22(2)24-10-7-13-28(19-24)33-30(37)25-11-6-12-27(32)18-25/h4-19H,20H2,1-3H3,(H,33,37)(H,35,38)/b34-22-. The van der Waals surface area contributed by atoms with Gasteiger partial charge in [-0.3, -0.25) is 13.9 Å². The predicted octanol–water partition coefficient (Wildman–Crippen LogP) is 6.02. The average Bonchev–Trinajstić information content (AvgIpc) is 2.95. The van der Waals surface area contributed by atoms with Crippen LogP contribution in [0.5, 0.6) is 0 Å². The number of hydrazone groups is 1. The number of amides is 2. The van der Waals surface area contributed by atoms with Crippen molar-refractivity contribution in [2.45, 2.75) is 20.4 Å². The van der Waals surface area contributed by atoms with Gasteiger partial charge in [0.25, 0.3) is 11.8 Å². The lowest BCUT2D eigenvalue weighted by Crippen LogP contribution is -2.29. The van der Waals surface area contributed by atoms with Gasteiger partial charge in [0.1, 0.15) is 0 Å². The normalized spacial score (nSPS) is 11.6. The largest absolute Gasteiger partial charge is 0.322 e. The molecular weight excluding hydrogens is 560 g/mol. The molecule has 8 nitrogen and oxygen atoms in total. The Labute approximate surface area is 244 Å². The first-order valence-electron chi connectivity index (χ1n) is 12.7. The third-order valence-electron chi connectivity index (χ3n) is 6.34. The number of hydrogen-bond acceptors (Lipinski definition) is 5. The number of rotatable bonds is 9. The van der Waals surface area contributed by atoms with Crippen molar-refractivity contribution in [2.24, 2.45) is 5.10 Å². The maximum absolute atomic E-state index is 12.8. The zero-order valence-corrected chi connectivity index (χ0v) is 24.3. The van der Waals surface area contributed by atoms with Crippen LogP contribution in [-0.2, 0) is 16.6 Å². The van der Waals surface area contributed by atoms with E-state index in [9.17, 15) is 18.0 Å². The lowest BCUT2D eigenvalue weighted by atomic mass is 10.1. The van der Waals surface area contributed by atoms with Crippen LogP contribution < -0.4 is 15.0 Å². The summed E-state index contributed by atoms with van der Waals surface area (Å²) >= 11 is 5.98. The van der Waals surface area contributed by atoms with Crippen LogP contribution in [0.2, 0.25) is 5.02 Å². The van der Waals surface area contributed by atoms with Gasteiger partial charge >= 0.3 is 0 Å². The van der Waals surface area contributed by atoms with Gasteiger partial charge in [-0.05, 0) is 85.1 Å². The summed E-state index contributed by atoms with van der Waals surface area (Å²) in [4.78, 5) is 25.3. The van der Waals surface area contributed by atoms with Gasteiger partial charge in [-0.1, -0.05) is 54.1 Å². The van der Waals surface area contributed by atoms with E-state index in [1.54, 1.807) is 73.7 Å². The van der Waals surface area contributed by atoms with Crippen LogP contribution in [0.1, 0.15) is 44.3 Å². The van der Waals surface area contributed by atoms with Gasteiger partial charge in [0.15, 0.2) is 0 Å². The second-order valence-electron chi connectivity index (χ2n) is 9.43. The highest BCUT2D eigenvalue weighted by molar-refractivity contribution is 7.92. The van der Waals surface area contributed by atoms with E-state index in [-0.39, 0.29) is 12.5 Å². The second kappa shape index (κ2) is 12.8. The SMILES string of the molecule is C/C(=N/NC(=O)c1ccc(N(Cc2ccccc2C)S(C)(=O)=O)cc1)c1cccc(NC(=O)c2cccc(Cl)c2)c1. The van der Waals surface area contributed by atoms with Gasteiger partial charge in [0.05, 0.1) is 24.2 Å². The van der Waals surface area contributed by atoms with E-state index in [1.807, 2.05) is 37.3 Å². The molecule has 4 aromatic rings. The van der Waals surface area contributed by atoms with E-state index in [2.05, 4.69) is 15.8 Å². The minimum atomic E-state index is -3.57. The van der Waals surface area contributed by atoms with Crippen LogP contribution in [0.25, 0.3) is 0 Å². The molecule has 4 aromatic carbocycles. The highest BCUT2D eigenvalue weighted by Crippen LogP contribution is 2.23. The summed E-state index contributed by atoms with van der Waals surface area (Å²) in [6, 6.07) is 27.6. The number of anilines is 2. The van der Waals surface area contributed by atoms with Crippen molar-refractivity contribution in [3.8, 4) is 0 Å². The van der Waals surface area contributed by atoms with Crippen molar-refractivity contribution in [2.75, 3.05) is 15.9 Å². The Morgan fingerprint density at radius 2 is 1.51 bits per heavy atom. The van der Waals surface area contributed by atoms with E-state index in [1.165, 1.54) is 4.31 Å². The number of nitrogens with zero attached hydrogens (tertiary/aromatic N) is 2. The zero-order valence-electron chi connectivity index (χ0n) is 22.8. The Balaban J connectivity index is 1.43.